The molecule has 0 bridgehead atoms. The molecule has 80 valence electrons. The van der Waals surface area contributed by atoms with E-state index >= 15 is 0 Å². The van der Waals surface area contributed by atoms with Gasteiger partial charge in [-0.2, -0.15) is 0 Å². The molecule has 4 heteroatoms. The minimum absolute atomic E-state index is 0.0573. The normalized spacial score (nSPS) is 15.1. The van der Waals surface area contributed by atoms with E-state index in [4.69, 9.17) is 5.73 Å². The van der Waals surface area contributed by atoms with Gasteiger partial charge in [0.2, 0.25) is 5.95 Å². The van der Waals surface area contributed by atoms with Crippen LogP contribution in [0.3, 0.4) is 0 Å². The molecular weight excluding hydrogens is 176 g/mol. The fraction of sp³-hybridized carbons (Fsp3) is 0.700. The molecule has 0 saturated heterocycles. The lowest BCUT2D eigenvalue weighted by molar-refractivity contribution is 0.498. The van der Waals surface area contributed by atoms with Crippen LogP contribution in [0.4, 0.5) is 5.95 Å². The summed E-state index contributed by atoms with van der Waals surface area (Å²) in [7, 11) is 0. The summed E-state index contributed by atoms with van der Waals surface area (Å²) in [5.74, 6) is 0.905. The molecule has 1 atom stereocenters. The van der Waals surface area contributed by atoms with Crippen molar-refractivity contribution >= 4 is 5.95 Å². The van der Waals surface area contributed by atoms with Gasteiger partial charge in [0.25, 0.3) is 0 Å². The van der Waals surface area contributed by atoms with Gasteiger partial charge in [-0.15, -0.1) is 0 Å². The molecule has 14 heavy (non-hydrogen) atoms. The van der Waals surface area contributed by atoms with Gasteiger partial charge in [0.05, 0.1) is 0 Å². The molecule has 1 unspecified atom stereocenters. The van der Waals surface area contributed by atoms with E-state index in [1.165, 1.54) is 0 Å². The number of anilines is 1. The highest BCUT2D eigenvalue weighted by Gasteiger charge is 2.21. The summed E-state index contributed by atoms with van der Waals surface area (Å²) in [5.41, 5.74) is 5.67. The Balaban J connectivity index is 2.76. The lowest BCUT2D eigenvalue weighted by atomic mass is 10.00. The maximum absolute atomic E-state index is 5.73. The third-order valence-corrected chi connectivity index (χ3v) is 2.70. The molecule has 0 saturated carbocycles. The average molecular weight is 196 g/mol. The minimum atomic E-state index is -0.0573. The molecule has 0 spiro atoms. The van der Waals surface area contributed by atoms with Crippen LogP contribution in [0.1, 0.15) is 27.2 Å². The molecule has 0 radical (unpaired) electrons. The van der Waals surface area contributed by atoms with Gasteiger partial charge in [0.1, 0.15) is 0 Å². The Kier molecular flexibility index (Phi) is 3.52. The Labute approximate surface area is 85.5 Å². The molecule has 4 nitrogen and oxygen atoms in total. The van der Waals surface area contributed by atoms with Gasteiger partial charge < -0.3 is 15.6 Å². The maximum Gasteiger partial charge on any atom is 0.203 e. The van der Waals surface area contributed by atoms with E-state index in [0.29, 0.717) is 6.54 Å². The van der Waals surface area contributed by atoms with Gasteiger partial charge in [-0.1, -0.05) is 6.92 Å². The molecular formula is C10H20N4. The number of nitrogens with zero attached hydrogens (tertiary/aromatic N) is 2. The van der Waals surface area contributed by atoms with Crippen LogP contribution in [0.15, 0.2) is 12.4 Å². The fourth-order valence-corrected chi connectivity index (χ4v) is 1.24. The number of hydrogen-bond acceptors (Lipinski definition) is 3. The smallest absolute Gasteiger partial charge is 0.203 e. The van der Waals surface area contributed by atoms with Gasteiger partial charge in [-0.25, -0.2) is 4.98 Å². The maximum atomic E-state index is 5.73. The van der Waals surface area contributed by atoms with Gasteiger partial charge in [0, 0.05) is 31.0 Å². The number of imidazole rings is 1. The van der Waals surface area contributed by atoms with Crippen LogP contribution in [0.5, 0.6) is 0 Å². The van der Waals surface area contributed by atoms with Crippen molar-refractivity contribution in [2.45, 2.75) is 39.3 Å². The first-order valence-corrected chi connectivity index (χ1v) is 5.14. The zero-order valence-electron chi connectivity index (χ0n) is 9.25. The van der Waals surface area contributed by atoms with Crippen LogP contribution < -0.4 is 11.1 Å². The van der Waals surface area contributed by atoms with Crippen molar-refractivity contribution < 1.29 is 0 Å². The highest BCUT2D eigenvalue weighted by molar-refractivity contribution is 5.30. The van der Waals surface area contributed by atoms with Gasteiger partial charge >= 0.3 is 0 Å². The Bertz CT molecular complexity index is 275. The third-order valence-electron chi connectivity index (χ3n) is 2.70. The molecule has 0 aromatic carbocycles. The molecule has 0 aliphatic carbocycles. The standard InChI is InChI=1S/C10H20N4/c1-4-10(3,8-11)13-9-12-6-7-14(9)5-2/h6-7H,4-5,8,11H2,1-3H3,(H,12,13). The quantitative estimate of drug-likeness (QED) is 0.749. The highest BCUT2D eigenvalue weighted by atomic mass is 15.2. The van der Waals surface area contributed by atoms with E-state index in [1.54, 1.807) is 6.20 Å². The molecule has 1 aromatic rings. The number of aromatic nitrogens is 2. The third kappa shape index (κ3) is 2.26. The zero-order chi connectivity index (χ0) is 10.6. The van der Waals surface area contributed by atoms with Crippen LogP contribution >= 0.6 is 0 Å². The van der Waals surface area contributed by atoms with Crippen LogP contribution in [-0.4, -0.2) is 21.6 Å². The van der Waals surface area contributed by atoms with Crippen molar-refractivity contribution in [3.8, 4) is 0 Å². The summed E-state index contributed by atoms with van der Waals surface area (Å²) in [4.78, 5) is 4.26. The van der Waals surface area contributed by atoms with Gasteiger partial charge in [-0.3, -0.25) is 0 Å². The topological polar surface area (TPSA) is 55.9 Å². The minimum Gasteiger partial charge on any atom is -0.349 e. The van der Waals surface area contributed by atoms with E-state index in [9.17, 15) is 0 Å². The van der Waals surface area contributed by atoms with E-state index < -0.39 is 0 Å². The molecule has 1 aromatic heterocycles. The second-order valence-corrected chi connectivity index (χ2v) is 3.78. The van der Waals surface area contributed by atoms with Crippen LogP contribution in [0.25, 0.3) is 0 Å². The fourth-order valence-electron chi connectivity index (χ4n) is 1.24. The predicted molar refractivity (Wildman–Crippen MR) is 59.3 cm³/mol. The number of nitrogens with one attached hydrogen (secondary N) is 1. The number of hydrogen-bond donors (Lipinski definition) is 2. The van der Waals surface area contributed by atoms with Crippen LogP contribution in [0.2, 0.25) is 0 Å². The molecule has 0 amide bonds. The highest BCUT2D eigenvalue weighted by Crippen LogP contribution is 2.15. The van der Waals surface area contributed by atoms with E-state index in [-0.39, 0.29) is 5.54 Å². The molecule has 1 rings (SSSR count). The lowest BCUT2D eigenvalue weighted by Crippen LogP contribution is -2.42. The predicted octanol–water partition coefficient (Wildman–Crippen LogP) is 1.44. The van der Waals surface area contributed by atoms with Gasteiger partial charge in [0.15, 0.2) is 0 Å². The second kappa shape index (κ2) is 4.46. The zero-order valence-corrected chi connectivity index (χ0v) is 9.25. The monoisotopic (exact) mass is 196 g/mol. The SMILES string of the molecule is CCn1ccnc1NC(C)(CC)CN. The molecule has 0 aliphatic heterocycles. The Morgan fingerprint density at radius 3 is 2.79 bits per heavy atom. The van der Waals surface area contributed by atoms with E-state index in [1.807, 2.05) is 6.20 Å². The second-order valence-electron chi connectivity index (χ2n) is 3.78. The first kappa shape index (κ1) is 11.0. The van der Waals surface area contributed by atoms with Gasteiger partial charge in [-0.05, 0) is 20.3 Å². The molecule has 1 heterocycles. The van der Waals surface area contributed by atoms with E-state index in [0.717, 1.165) is 18.9 Å². The van der Waals surface area contributed by atoms with Crippen molar-refractivity contribution in [1.29, 1.82) is 0 Å². The first-order valence-electron chi connectivity index (χ1n) is 5.14. The molecule has 0 aliphatic rings. The summed E-state index contributed by atoms with van der Waals surface area (Å²) in [6, 6.07) is 0. The summed E-state index contributed by atoms with van der Waals surface area (Å²) in [6.07, 6.45) is 4.76. The van der Waals surface area contributed by atoms with Crippen molar-refractivity contribution in [3.63, 3.8) is 0 Å². The summed E-state index contributed by atoms with van der Waals surface area (Å²) < 4.78 is 2.07. The Morgan fingerprint density at radius 1 is 1.57 bits per heavy atom. The number of rotatable bonds is 5. The van der Waals surface area contributed by atoms with Crippen molar-refractivity contribution in [2.24, 2.45) is 5.73 Å². The molecule has 0 fully saturated rings. The summed E-state index contributed by atoms with van der Waals surface area (Å²) >= 11 is 0. The number of aryl methyl sites for hydroxylation is 1. The van der Waals surface area contributed by atoms with E-state index in [2.05, 4.69) is 35.6 Å². The van der Waals surface area contributed by atoms with Crippen molar-refractivity contribution in [3.05, 3.63) is 12.4 Å². The Hall–Kier alpha value is -1.03. The Morgan fingerprint density at radius 2 is 2.29 bits per heavy atom. The first-order chi connectivity index (χ1) is 6.65. The largest absolute Gasteiger partial charge is 0.349 e. The summed E-state index contributed by atoms with van der Waals surface area (Å²) in [6.45, 7) is 7.87. The van der Waals surface area contributed by atoms with Crippen LogP contribution in [0, 0.1) is 0 Å². The van der Waals surface area contributed by atoms with Crippen molar-refractivity contribution in [2.75, 3.05) is 11.9 Å². The average Bonchev–Trinajstić information content (AvgIpc) is 2.65. The number of nitrogens with two attached hydrogens (primary N) is 1. The van der Waals surface area contributed by atoms with Crippen LogP contribution in [-0.2, 0) is 6.54 Å². The lowest BCUT2D eigenvalue weighted by Gasteiger charge is -2.28. The summed E-state index contributed by atoms with van der Waals surface area (Å²) in [5, 5.41) is 3.38. The van der Waals surface area contributed by atoms with Crippen molar-refractivity contribution in [1.82, 2.24) is 9.55 Å². The molecule has 3 N–H and O–H groups in total.